The highest BCUT2D eigenvalue weighted by Gasteiger charge is 2.01. The number of hydrogen-bond donors (Lipinski definition) is 1. The molecule has 0 saturated heterocycles. The minimum atomic E-state index is 0.770. The number of rotatable bonds is 7. The first kappa shape index (κ1) is 11.0. The lowest BCUT2D eigenvalue weighted by atomic mass is 10.1. The summed E-state index contributed by atoms with van der Waals surface area (Å²) in [6.07, 6.45) is 6.75. The first-order valence-corrected chi connectivity index (χ1v) is 5.08. The summed E-state index contributed by atoms with van der Waals surface area (Å²) < 4.78 is 0. The van der Waals surface area contributed by atoms with Crippen molar-refractivity contribution in [1.82, 2.24) is 5.32 Å². The lowest BCUT2D eigenvalue weighted by Gasteiger charge is -2.14. The summed E-state index contributed by atoms with van der Waals surface area (Å²) in [7, 11) is 0. The number of unbranched alkanes of at least 4 members (excludes halogenated alkanes) is 2. The molecule has 0 rings (SSSR count). The molecule has 1 nitrogen and oxygen atoms in total. The summed E-state index contributed by atoms with van der Waals surface area (Å²) in [5, 5.41) is 3.49. The highest BCUT2D eigenvalue weighted by Crippen LogP contribution is 2.05. The van der Waals surface area contributed by atoms with Crippen LogP contribution in [0.4, 0.5) is 0 Å². The second kappa shape index (κ2) is 8.06. The Morgan fingerprint density at radius 1 is 1.09 bits per heavy atom. The first-order chi connectivity index (χ1) is 5.35. The predicted octanol–water partition coefficient (Wildman–Crippen LogP) is 2.95. The molecule has 1 N–H and O–H groups in total. The van der Waals surface area contributed by atoms with Crippen molar-refractivity contribution in [1.29, 1.82) is 0 Å². The maximum Gasteiger partial charge on any atom is 0.00643 e. The van der Waals surface area contributed by atoms with E-state index in [2.05, 4.69) is 26.1 Å². The molecule has 0 aromatic carbocycles. The molecule has 0 spiro atoms. The van der Waals surface area contributed by atoms with E-state index in [1.807, 2.05) is 0 Å². The molecule has 0 bridgehead atoms. The fourth-order valence-corrected chi connectivity index (χ4v) is 1.38. The highest BCUT2D eigenvalue weighted by atomic mass is 14.9. The topological polar surface area (TPSA) is 12.0 Å². The molecule has 0 aliphatic heterocycles. The quantitative estimate of drug-likeness (QED) is 0.560. The van der Waals surface area contributed by atoms with E-state index in [9.17, 15) is 0 Å². The lowest BCUT2D eigenvalue weighted by molar-refractivity contribution is 0.458. The lowest BCUT2D eigenvalue weighted by Crippen LogP contribution is -2.27. The number of nitrogens with one attached hydrogen (secondary N) is 1. The van der Waals surface area contributed by atoms with Gasteiger partial charge in [-0.3, -0.25) is 0 Å². The average Bonchev–Trinajstić information content (AvgIpc) is 2.03. The van der Waals surface area contributed by atoms with E-state index in [0.29, 0.717) is 0 Å². The van der Waals surface area contributed by atoms with Gasteiger partial charge in [-0.2, -0.15) is 0 Å². The van der Waals surface area contributed by atoms with E-state index < -0.39 is 0 Å². The summed E-state index contributed by atoms with van der Waals surface area (Å²) in [5.41, 5.74) is 0. The molecule has 0 radical (unpaired) electrons. The Morgan fingerprint density at radius 2 is 1.82 bits per heavy atom. The van der Waals surface area contributed by atoms with Gasteiger partial charge in [-0.1, -0.05) is 40.0 Å². The summed E-state index contributed by atoms with van der Waals surface area (Å²) in [6, 6.07) is 0.770. The van der Waals surface area contributed by atoms with Gasteiger partial charge in [0.05, 0.1) is 0 Å². The van der Waals surface area contributed by atoms with Crippen LogP contribution in [-0.2, 0) is 0 Å². The smallest absolute Gasteiger partial charge is 0.00643 e. The summed E-state index contributed by atoms with van der Waals surface area (Å²) in [4.78, 5) is 0. The summed E-state index contributed by atoms with van der Waals surface area (Å²) >= 11 is 0. The van der Waals surface area contributed by atoms with Gasteiger partial charge in [0.1, 0.15) is 0 Å². The molecule has 0 fully saturated rings. The second-order valence-corrected chi connectivity index (χ2v) is 3.16. The third kappa shape index (κ3) is 6.36. The van der Waals surface area contributed by atoms with Crippen molar-refractivity contribution >= 4 is 0 Å². The Balaban J connectivity index is 3.20. The third-order valence-electron chi connectivity index (χ3n) is 2.14. The van der Waals surface area contributed by atoms with Gasteiger partial charge in [-0.15, -0.1) is 0 Å². The van der Waals surface area contributed by atoms with Gasteiger partial charge in [0.2, 0.25) is 0 Å². The Morgan fingerprint density at radius 3 is 2.27 bits per heavy atom. The molecule has 11 heavy (non-hydrogen) atoms. The Bertz CT molecular complexity index is 71.3. The van der Waals surface area contributed by atoms with Crippen LogP contribution < -0.4 is 5.32 Å². The van der Waals surface area contributed by atoms with Gasteiger partial charge in [0.25, 0.3) is 0 Å². The predicted molar refractivity (Wildman–Crippen MR) is 51.9 cm³/mol. The molecule has 0 aromatic rings. The molecule has 68 valence electrons. The van der Waals surface area contributed by atoms with Crippen LogP contribution in [0.2, 0.25) is 0 Å². The van der Waals surface area contributed by atoms with Crippen LogP contribution in [0.5, 0.6) is 0 Å². The molecule has 1 atom stereocenters. The zero-order chi connectivity index (χ0) is 8.53. The van der Waals surface area contributed by atoms with Gasteiger partial charge in [0.15, 0.2) is 0 Å². The molecule has 0 aromatic heterocycles. The Labute approximate surface area is 71.6 Å². The largest absolute Gasteiger partial charge is 0.314 e. The van der Waals surface area contributed by atoms with Crippen LogP contribution in [0.15, 0.2) is 0 Å². The fraction of sp³-hybridized carbons (Fsp3) is 1.00. The SMILES string of the molecule is CCCCC[C@@H](CC)NCC. The highest BCUT2D eigenvalue weighted by molar-refractivity contribution is 4.62. The second-order valence-electron chi connectivity index (χ2n) is 3.16. The summed E-state index contributed by atoms with van der Waals surface area (Å²) in [5.74, 6) is 0. The molecule has 0 amide bonds. The van der Waals surface area contributed by atoms with Crippen LogP contribution >= 0.6 is 0 Å². The van der Waals surface area contributed by atoms with Crippen LogP contribution in [0, 0.1) is 0 Å². The van der Waals surface area contributed by atoms with Crippen molar-refractivity contribution in [3.8, 4) is 0 Å². The van der Waals surface area contributed by atoms with Crippen LogP contribution in [-0.4, -0.2) is 12.6 Å². The molecule has 0 heterocycles. The standard InChI is InChI=1S/C10H23N/c1-4-7-8-9-10(5-2)11-6-3/h10-11H,4-9H2,1-3H3/t10-/m1/s1. The zero-order valence-electron chi connectivity index (χ0n) is 8.32. The molecule has 0 unspecified atom stereocenters. The maximum absolute atomic E-state index is 3.49. The van der Waals surface area contributed by atoms with E-state index in [1.54, 1.807) is 0 Å². The number of hydrogen-bond acceptors (Lipinski definition) is 1. The zero-order valence-corrected chi connectivity index (χ0v) is 8.32. The minimum Gasteiger partial charge on any atom is -0.314 e. The van der Waals surface area contributed by atoms with Crippen LogP contribution in [0.1, 0.15) is 52.9 Å². The van der Waals surface area contributed by atoms with E-state index in [4.69, 9.17) is 0 Å². The molecular weight excluding hydrogens is 134 g/mol. The van der Waals surface area contributed by atoms with Gasteiger partial charge in [-0.05, 0) is 19.4 Å². The van der Waals surface area contributed by atoms with Gasteiger partial charge in [0, 0.05) is 6.04 Å². The van der Waals surface area contributed by atoms with Crippen molar-refractivity contribution in [2.24, 2.45) is 0 Å². The van der Waals surface area contributed by atoms with Crippen molar-refractivity contribution in [3.05, 3.63) is 0 Å². The van der Waals surface area contributed by atoms with Gasteiger partial charge >= 0.3 is 0 Å². The normalized spacial score (nSPS) is 13.4. The van der Waals surface area contributed by atoms with Crippen molar-refractivity contribution in [3.63, 3.8) is 0 Å². The molecule has 1 heteroatoms. The van der Waals surface area contributed by atoms with E-state index >= 15 is 0 Å². The first-order valence-electron chi connectivity index (χ1n) is 5.08. The van der Waals surface area contributed by atoms with Gasteiger partial charge < -0.3 is 5.32 Å². The molecule has 0 aliphatic carbocycles. The average molecular weight is 157 g/mol. The maximum atomic E-state index is 3.49. The molecular formula is C10H23N. The van der Waals surface area contributed by atoms with Crippen molar-refractivity contribution < 1.29 is 0 Å². The third-order valence-corrected chi connectivity index (χ3v) is 2.14. The van der Waals surface area contributed by atoms with E-state index in [1.165, 1.54) is 32.1 Å². The Hall–Kier alpha value is -0.0400. The monoisotopic (exact) mass is 157 g/mol. The Kier molecular flexibility index (Phi) is 8.03. The van der Waals surface area contributed by atoms with Crippen molar-refractivity contribution in [2.45, 2.75) is 58.9 Å². The fourth-order valence-electron chi connectivity index (χ4n) is 1.38. The molecule has 0 aliphatic rings. The summed E-state index contributed by atoms with van der Waals surface area (Å²) in [6.45, 7) is 7.82. The van der Waals surface area contributed by atoms with E-state index in [0.717, 1.165) is 12.6 Å². The minimum absolute atomic E-state index is 0.770. The van der Waals surface area contributed by atoms with Gasteiger partial charge in [-0.25, -0.2) is 0 Å². The van der Waals surface area contributed by atoms with Crippen LogP contribution in [0.25, 0.3) is 0 Å². The van der Waals surface area contributed by atoms with Crippen molar-refractivity contribution in [2.75, 3.05) is 6.54 Å². The van der Waals surface area contributed by atoms with Crippen LogP contribution in [0.3, 0.4) is 0 Å². The molecule has 0 saturated carbocycles. The van der Waals surface area contributed by atoms with E-state index in [-0.39, 0.29) is 0 Å².